The van der Waals surface area contributed by atoms with Crippen molar-refractivity contribution in [2.75, 3.05) is 0 Å². The second-order valence-electron chi connectivity index (χ2n) is 7.80. The molecule has 166 valence electrons. The summed E-state index contributed by atoms with van der Waals surface area (Å²) in [6.45, 7) is 1.17. The van der Waals surface area contributed by atoms with Crippen LogP contribution in [0.15, 0.2) is 76.7 Å². The molecular weight excluding hydrogens is 442 g/mol. The molecule has 5 nitrogen and oxygen atoms in total. The molecule has 0 N–H and O–H groups in total. The molecular formula is C25H20F2N4OS. The summed E-state index contributed by atoms with van der Waals surface area (Å²) < 4.78 is 30.3. The molecule has 0 radical (unpaired) electrons. The maximum atomic E-state index is 13.9. The third kappa shape index (κ3) is 3.80. The number of imidazole rings is 1. The molecule has 0 aliphatic heterocycles. The van der Waals surface area contributed by atoms with Gasteiger partial charge in [0.1, 0.15) is 5.82 Å². The molecule has 0 saturated heterocycles. The minimum atomic E-state index is -2.72. The zero-order valence-corrected chi connectivity index (χ0v) is 18.8. The van der Waals surface area contributed by atoms with Gasteiger partial charge in [0, 0.05) is 0 Å². The molecule has 0 aliphatic rings. The Bertz CT molecular complexity index is 1560. The smallest absolute Gasteiger partial charge is 0.269 e. The molecule has 0 aliphatic carbocycles. The fraction of sp³-hybridized carbons (Fsp3) is 0.160. The molecule has 0 spiro atoms. The SMILES string of the molecule is Cc1ccc(C)c(-n2c(SCc3nc4ccccc4n3C(F)F)nc3ccccc3c2=O)c1. The van der Waals surface area contributed by atoms with E-state index in [9.17, 15) is 13.6 Å². The fourth-order valence-electron chi connectivity index (χ4n) is 3.93. The first kappa shape index (κ1) is 21.3. The van der Waals surface area contributed by atoms with Gasteiger partial charge in [-0.25, -0.2) is 9.97 Å². The van der Waals surface area contributed by atoms with Gasteiger partial charge in [-0.05, 0) is 55.3 Å². The van der Waals surface area contributed by atoms with E-state index in [1.807, 2.05) is 38.1 Å². The lowest BCUT2D eigenvalue weighted by Gasteiger charge is -2.16. The Morgan fingerprint density at radius 2 is 1.67 bits per heavy atom. The zero-order valence-electron chi connectivity index (χ0n) is 18.0. The van der Waals surface area contributed by atoms with Crippen LogP contribution in [-0.4, -0.2) is 19.1 Å². The number of halogens is 2. The number of hydrogen-bond acceptors (Lipinski definition) is 4. The number of hydrogen-bond donors (Lipinski definition) is 0. The molecule has 0 bridgehead atoms. The normalized spacial score (nSPS) is 11.7. The highest BCUT2D eigenvalue weighted by Crippen LogP contribution is 2.30. The molecule has 0 unspecified atom stereocenters. The number of fused-ring (bicyclic) bond motifs is 2. The van der Waals surface area contributed by atoms with Gasteiger partial charge in [0.15, 0.2) is 5.16 Å². The number of nitrogens with zero attached hydrogens (tertiary/aromatic N) is 4. The van der Waals surface area contributed by atoms with Crippen LogP contribution in [0.25, 0.3) is 27.6 Å². The summed E-state index contributed by atoms with van der Waals surface area (Å²) in [6.07, 6.45) is 0. The molecule has 5 aromatic rings. The van der Waals surface area contributed by atoms with Crippen molar-refractivity contribution in [3.8, 4) is 5.69 Å². The molecule has 0 saturated carbocycles. The lowest BCUT2D eigenvalue weighted by Crippen LogP contribution is -2.22. The molecule has 2 aromatic heterocycles. The average molecular weight is 463 g/mol. The summed E-state index contributed by atoms with van der Waals surface area (Å²) >= 11 is 1.22. The number of alkyl halides is 2. The minimum Gasteiger partial charge on any atom is -0.269 e. The van der Waals surface area contributed by atoms with E-state index in [1.54, 1.807) is 47.0 Å². The van der Waals surface area contributed by atoms with Crippen molar-refractivity contribution in [1.29, 1.82) is 0 Å². The van der Waals surface area contributed by atoms with Gasteiger partial charge in [-0.1, -0.05) is 48.2 Å². The molecule has 8 heteroatoms. The van der Waals surface area contributed by atoms with Crippen LogP contribution < -0.4 is 5.56 Å². The van der Waals surface area contributed by atoms with Gasteiger partial charge in [-0.15, -0.1) is 0 Å². The lowest BCUT2D eigenvalue weighted by atomic mass is 10.1. The van der Waals surface area contributed by atoms with Crippen molar-refractivity contribution in [3.05, 3.63) is 94.0 Å². The predicted octanol–water partition coefficient (Wildman–Crippen LogP) is 6.04. The highest BCUT2D eigenvalue weighted by molar-refractivity contribution is 7.98. The molecule has 0 fully saturated rings. The number of para-hydroxylation sites is 3. The zero-order chi connectivity index (χ0) is 23.1. The molecule has 5 rings (SSSR count). The Labute approximate surface area is 192 Å². The van der Waals surface area contributed by atoms with Crippen molar-refractivity contribution < 1.29 is 8.78 Å². The van der Waals surface area contributed by atoms with Crippen LogP contribution in [0.2, 0.25) is 0 Å². The number of benzene rings is 3. The number of rotatable bonds is 5. The predicted molar refractivity (Wildman–Crippen MR) is 127 cm³/mol. The van der Waals surface area contributed by atoms with Crippen LogP contribution in [0.3, 0.4) is 0 Å². The largest absolute Gasteiger partial charge is 0.320 e. The Morgan fingerprint density at radius 1 is 0.939 bits per heavy atom. The second-order valence-corrected chi connectivity index (χ2v) is 8.74. The first-order valence-electron chi connectivity index (χ1n) is 10.4. The maximum Gasteiger partial charge on any atom is 0.320 e. The van der Waals surface area contributed by atoms with Gasteiger partial charge in [-0.2, -0.15) is 8.78 Å². The Morgan fingerprint density at radius 3 is 2.45 bits per heavy atom. The van der Waals surface area contributed by atoms with Crippen molar-refractivity contribution in [3.63, 3.8) is 0 Å². The monoisotopic (exact) mass is 462 g/mol. The summed E-state index contributed by atoms with van der Waals surface area (Å²) in [4.78, 5) is 22.7. The fourth-order valence-corrected chi connectivity index (χ4v) is 4.86. The number of aryl methyl sites for hydroxylation is 2. The average Bonchev–Trinajstić information content (AvgIpc) is 3.18. The van der Waals surface area contributed by atoms with Gasteiger partial charge in [-0.3, -0.25) is 13.9 Å². The Kier molecular flexibility index (Phi) is 5.46. The number of thioether (sulfide) groups is 1. The maximum absolute atomic E-state index is 13.9. The highest BCUT2D eigenvalue weighted by Gasteiger charge is 2.20. The van der Waals surface area contributed by atoms with Gasteiger partial charge in [0.25, 0.3) is 5.56 Å². The minimum absolute atomic E-state index is 0.134. The van der Waals surface area contributed by atoms with E-state index < -0.39 is 6.55 Å². The Hall–Kier alpha value is -3.52. The third-order valence-corrected chi connectivity index (χ3v) is 6.48. The van der Waals surface area contributed by atoms with Crippen LogP contribution in [0.1, 0.15) is 23.5 Å². The van der Waals surface area contributed by atoms with E-state index in [0.29, 0.717) is 27.1 Å². The van der Waals surface area contributed by atoms with E-state index >= 15 is 0 Å². The van der Waals surface area contributed by atoms with Crippen molar-refractivity contribution in [2.45, 2.75) is 31.3 Å². The van der Waals surface area contributed by atoms with Crippen LogP contribution in [0.4, 0.5) is 8.78 Å². The summed E-state index contributed by atoms with van der Waals surface area (Å²) in [5, 5.41) is 0.933. The van der Waals surface area contributed by atoms with Crippen LogP contribution in [-0.2, 0) is 5.75 Å². The van der Waals surface area contributed by atoms with Gasteiger partial charge >= 0.3 is 6.55 Å². The van der Waals surface area contributed by atoms with Crippen LogP contribution >= 0.6 is 11.8 Å². The lowest BCUT2D eigenvalue weighted by molar-refractivity contribution is 0.0722. The van der Waals surface area contributed by atoms with E-state index in [1.165, 1.54) is 11.8 Å². The summed E-state index contributed by atoms with van der Waals surface area (Å²) in [5.41, 5.74) is 3.90. The van der Waals surface area contributed by atoms with E-state index in [4.69, 9.17) is 4.98 Å². The van der Waals surface area contributed by atoms with Crippen molar-refractivity contribution >= 4 is 33.7 Å². The summed E-state index contributed by atoms with van der Waals surface area (Å²) in [6, 6.07) is 19.8. The van der Waals surface area contributed by atoms with E-state index in [0.717, 1.165) is 21.4 Å². The van der Waals surface area contributed by atoms with Gasteiger partial charge in [0.2, 0.25) is 0 Å². The highest BCUT2D eigenvalue weighted by atomic mass is 32.2. The third-order valence-electron chi connectivity index (χ3n) is 5.54. The van der Waals surface area contributed by atoms with E-state index in [-0.39, 0.29) is 17.1 Å². The quantitative estimate of drug-likeness (QED) is 0.236. The standard InChI is InChI=1S/C25H20F2N4OS/c1-15-11-12-16(2)21(13-15)31-23(32)17-7-3-4-8-18(17)29-25(31)33-14-22-28-19-9-5-6-10-20(19)30(22)24(26)27/h3-13,24H,14H2,1-2H3. The van der Waals surface area contributed by atoms with Crippen molar-refractivity contribution in [2.24, 2.45) is 0 Å². The topological polar surface area (TPSA) is 52.7 Å². The molecule has 0 amide bonds. The molecule has 33 heavy (non-hydrogen) atoms. The number of aromatic nitrogens is 4. The molecule has 3 aromatic carbocycles. The van der Waals surface area contributed by atoms with Gasteiger partial charge < -0.3 is 0 Å². The summed E-state index contributed by atoms with van der Waals surface area (Å²) in [5.74, 6) is 0.361. The van der Waals surface area contributed by atoms with Crippen LogP contribution in [0.5, 0.6) is 0 Å². The summed E-state index contributed by atoms with van der Waals surface area (Å²) in [7, 11) is 0. The first-order valence-corrected chi connectivity index (χ1v) is 11.4. The second kappa shape index (κ2) is 8.44. The molecule has 0 atom stereocenters. The van der Waals surface area contributed by atoms with Crippen molar-refractivity contribution in [1.82, 2.24) is 19.1 Å². The van der Waals surface area contributed by atoms with E-state index in [2.05, 4.69) is 4.98 Å². The van der Waals surface area contributed by atoms with Crippen LogP contribution in [0, 0.1) is 13.8 Å². The first-order chi connectivity index (χ1) is 15.9. The van der Waals surface area contributed by atoms with Gasteiger partial charge in [0.05, 0.1) is 33.4 Å². The Balaban J connectivity index is 1.66. The molecule has 2 heterocycles.